The number of anilines is 1. The van der Waals surface area contributed by atoms with E-state index in [1.807, 2.05) is 28.0 Å². The van der Waals surface area contributed by atoms with E-state index in [4.69, 9.17) is 0 Å². The molecular formula is C22H25N3O2. The average Bonchev–Trinajstić information content (AvgIpc) is 3.03. The number of aromatic nitrogens is 1. The number of rotatable bonds is 2. The third kappa shape index (κ3) is 3.34. The molecule has 0 N–H and O–H groups in total. The molecule has 27 heavy (non-hydrogen) atoms. The van der Waals surface area contributed by atoms with Gasteiger partial charge in [-0.05, 0) is 49.8 Å². The van der Waals surface area contributed by atoms with Crippen LogP contribution in [0.15, 0.2) is 42.7 Å². The molecule has 1 atom stereocenters. The van der Waals surface area contributed by atoms with Gasteiger partial charge in [-0.1, -0.05) is 25.1 Å². The number of fused-ring (bicyclic) bond motifs is 1. The number of hydrogen-bond acceptors (Lipinski definition) is 3. The number of nitrogens with zero attached hydrogens (tertiary/aromatic N) is 3. The SMILES string of the molecule is CC1CCN(C(=O)c2cncc(C(=O)N3c4ccccc4CC3C)c2)CC1. The summed E-state index contributed by atoms with van der Waals surface area (Å²) in [6.45, 7) is 5.82. The maximum Gasteiger partial charge on any atom is 0.260 e. The number of carbonyl (C=O) groups excluding carboxylic acids is 2. The van der Waals surface area contributed by atoms with Crippen molar-refractivity contribution in [2.45, 2.75) is 39.2 Å². The zero-order valence-electron chi connectivity index (χ0n) is 15.9. The Kier molecular flexibility index (Phi) is 4.68. The van der Waals surface area contributed by atoms with Crippen LogP contribution in [0.1, 0.15) is 53.0 Å². The number of amides is 2. The Morgan fingerprint density at radius 1 is 1.00 bits per heavy atom. The van der Waals surface area contributed by atoms with Gasteiger partial charge in [0.25, 0.3) is 11.8 Å². The van der Waals surface area contributed by atoms with E-state index in [0.717, 1.165) is 38.0 Å². The number of benzene rings is 1. The van der Waals surface area contributed by atoms with Gasteiger partial charge in [0.15, 0.2) is 0 Å². The van der Waals surface area contributed by atoms with Crippen LogP contribution in [0.2, 0.25) is 0 Å². The predicted octanol–water partition coefficient (Wildman–Crippen LogP) is 3.55. The van der Waals surface area contributed by atoms with Crippen molar-refractivity contribution in [3.05, 3.63) is 59.4 Å². The van der Waals surface area contributed by atoms with Gasteiger partial charge in [-0.15, -0.1) is 0 Å². The van der Waals surface area contributed by atoms with Gasteiger partial charge in [0.2, 0.25) is 0 Å². The fourth-order valence-electron chi connectivity index (χ4n) is 4.08. The molecule has 5 nitrogen and oxygen atoms in total. The lowest BCUT2D eigenvalue weighted by molar-refractivity contribution is 0.0697. The Hall–Kier alpha value is -2.69. The molecule has 0 radical (unpaired) electrons. The summed E-state index contributed by atoms with van der Waals surface area (Å²) in [6.07, 6.45) is 6.03. The van der Waals surface area contributed by atoms with E-state index in [0.29, 0.717) is 17.0 Å². The zero-order valence-corrected chi connectivity index (χ0v) is 15.9. The van der Waals surface area contributed by atoms with Crippen LogP contribution in [0.4, 0.5) is 5.69 Å². The second-order valence-electron chi connectivity index (χ2n) is 7.79. The van der Waals surface area contributed by atoms with Crippen LogP contribution in [-0.4, -0.2) is 40.8 Å². The largest absolute Gasteiger partial charge is 0.339 e. The second-order valence-corrected chi connectivity index (χ2v) is 7.79. The average molecular weight is 363 g/mol. The molecule has 3 heterocycles. The lowest BCUT2D eigenvalue weighted by Crippen LogP contribution is -2.38. The number of para-hydroxylation sites is 1. The van der Waals surface area contributed by atoms with Crippen LogP contribution >= 0.6 is 0 Å². The van der Waals surface area contributed by atoms with E-state index in [9.17, 15) is 9.59 Å². The Morgan fingerprint density at radius 2 is 1.67 bits per heavy atom. The standard InChI is InChI=1S/C22H25N3O2/c1-15-7-9-24(10-8-15)21(26)18-12-19(14-23-13-18)22(27)25-16(2)11-17-5-3-4-6-20(17)25/h3-6,12-16H,7-11H2,1-2H3. The van der Waals surface area contributed by atoms with Gasteiger partial charge in [-0.25, -0.2) is 0 Å². The van der Waals surface area contributed by atoms with Crippen molar-refractivity contribution in [3.8, 4) is 0 Å². The minimum absolute atomic E-state index is 0.0288. The highest BCUT2D eigenvalue weighted by molar-refractivity contribution is 6.08. The minimum Gasteiger partial charge on any atom is -0.339 e. The Morgan fingerprint density at radius 3 is 2.41 bits per heavy atom. The lowest BCUT2D eigenvalue weighted by Gasteiger charge is -2.30. The van der Waals surface area contributed by atoms with Crippen molar-refractivity contribution >= 4 is 17.5 Å². The van der Waals surface area contributed by atoms with Crippen molar-refractivity contribution in [2.75, 3.05) is 18.0 Å². The van der Waals surface area contributed by atoms with E-state index < -0.39 is 0 Å². The highest BCUT2D eigenvalue weighted by Gasteiger charge is 2.32. The molecule has 0 aliphatic carbocycles. The fraction of sp³-hybridized carbons (Fsp3) is 0.409. The van der Waals surface area contributed by atoms with Crippen molar-refractivity contribution in [1.29, 1.82) is 0 Å². The first kappa shape index (κ1) is 17.7. The molecular weight excluding hydrogens is 338 g/mol. The molecule has 5 heteroatoms. The normalized spacial score (nSPS) is 19.9. The van der Waals surface area contributed by atoms with Gasteiger partial charge >= 0.3 is 0 Å². The van der Waals surface area contributed by atoms with E-state index in [1.54, 1.807) is 18.5 Å². The lowest BCUT2D eigenvalue weighted by atomic mass is 9.98. The number of hydrogen-bond donors (Lipinski definition) is 0. The molecule has 2 aliphatic heterocycles. The Balaban J connectivity index is 1.57. The van der Waals surface area contributed by atoms with Gasteiger partial charge in [0.05, 0.1) is 11.1 Å². The highest BCUT2D eigenvalue weighted by atomic mass is 16.2. The van der Waals surface area contributed by atoms with Crippen molar-refractivity contribution < 1.29 is 9.59 Å². The first-order valence-electron chi connectivity index (χ1n) is 9.70. The number of piperidine rings is 1. The molecule has 2 aliphatic rings. The molecule has 2 amide bonds. The number of pyridine rings is 1. The zero-order chi connectivity index (χ0) is 19.0. The Labute approximate surface area is 160 Å². The van der Waals surface area contributed by atoms with Gasteiger partial charge < -0.3 is 9.80 Å². The molecule has 1 aromatic carbocycles. The minimum atomic E-state index is -0.0955. The molecule has 4 rings (SSSR count). The van der Waals surface area contributed by atoms with Crippen LogP contribution in [0.5, 0.6) is 0 Å². The predicted molar refractivity (Wildman–Crippen MR) is 105 cm³/mol. The summed E-state index contributed by atoms with van der Waals surface area (Å²) in [5, 5.41) is 0. The van der Waals surface area contributed by atoms with Crippen LogP contribution < -0.4 is 4.90 Å². The molecule has 0 spiro atoms. The second kappa shape index (κ2) is 7.14. The summed E-state index contributed by atoms with van der Waals surface area (Å²) in [4.78, 5) is 33.9. The summed E-state index contributed by atoms with van der Waals surface area (Å²) in [5.41, 5.74) is 3.10. The summed E-state index contributed by atoms with van der Waals surface area (Å²) in [5.74, 6) is 0.539. The van der Waals surface area contributed by atoms with E-state index in [1.165, 1.54) is 5.56 Å². The molecule has 140 valence electrons. The molecule has 0 bridgehead atoms. The molecule has 1 fully saturated rings. The summed E-state index contributed by atoms with van der Waals surface area (Å²) >= 11 is 0. The molecule has 1 aromatic heterocycles. The quantitative estimate of drug-likeness (QED) is 0.820. The third-order valence-corrected chi connectivity index (χ3v) is 5.73. The molecule has 1 saturated heterocycles. The summed E-state index contributed by atoms with van der Waals surface area (Å²) in [6, 6.07) is 9.79. The fourth-order valence-corrected chi connectivity index (χ4v) is 4.08. The molecule has 1 unspecified atom stereocenters. The van der Waals surface area contributed by atoms with Crippen molar-refractivity contribution in [2.24, 2.45) is 5.92 Å². The topological polar surface area (TPSA) is 53.5 Å². The third-order valence-electron chi connectivity index (χ3n) is 5.73. The van der Waals surface area contributed by atoms with E-state index in [2.05, 4.69) is 24.9 Å². The van der Waals surface area contributed by atoms with Crippen molar-refractivity contribution in [3.63, 3.8) is 0 Å². The van der Waals surface area contributed by atoms with Crippen LogP contribution in [-0.2, 0) is 6.42 Å². The maximum absolute atomic E-state index is 13.2. The first-order valence-corrected chi connectivity index (χ1v) is 9.70. The van der Waals surface area contributed by atoms with Gasteiger partial charge in [0.1, 0.15) is 0 Å². The first-order chi connectivity index (χ1) is 13.0. The van der Waals surface area contributed by atoms with Crippen LogP contribution in [0, 0.1) is 5.92 Å². The number of likely N-dealkylation sites (tertiary alicyclic amines) is 1. The van der Waals surface area contributed by atoms with E-state index >= 15 is 0 Å². The Bertz CT molecular complexity index is 871. The molecule has 2 aromatic rings. The van der Waals surface area contributed by atoms with Crippen LogP contribution in [0.3, 0.4) is 0 Å². The highest BCUT2D eigenvalue weighted by Crippen LogP contribution is 2.33. The van der Waals surface area contributed by atoms with E-state index in [-0.39, 0.29) is 17.9 Å². The summed E-state index contributed by atoms with van der Waals surface area (Å²) < 4.78 is 0. The van der Waals surface area contributed by atoms with Crippen molar-refractivity contribution in [1.82, 2.24) is 9.88 Å². The summed E-state index contributed by atoms with van der Waals surface area (Å²) in [7, 11) is 0. The maximum atomic E-state index is 13.2. The number of carbonyl (C=O) groups is 2. The smallest absolute Gasteiger partial charge is 0.260 e. The van der Waals surface area contributed by atoms with Crippen LogP contribution in [0.25, 0.3) is 0 Å². The van der Waals surface area contributed by atoms with Gasteiger partial charge in [0, 0.05) is 37.2 Å². The van der Waals surface area contributed by atoms with Gasteiger partial charge in [-0.3, -0.25) is 14.6 Å². The monoisotopic (exact) mass is 363 g/mol. The van der Waals surface area contributed by atoms with Gasteiger partial charge in [-0.2, -0.15) is 0 Å². The molecule has 0 saturated carbocycles.